The summed E-state index contributed by atoms with van der Waals surface area (Å²) in [5, 5.41) is 19.6. The van der Waals surface area contributed by atoms with Gasteiger partial charge in [-0.1, -0.05) is 36.4 Å². The number of hydrogen-bond donors (Lipinski definition) is 0. The normalized spacial score (nSPS) is 11.2. The van der Waals surface area contributed by atoms with E-state index in [0.717, 1.165) is 16.0 Å². The predicted octanol–water partition coefficient (Wildman–Crippen LogP) is 3.23. The Balaban J connectivity index is 1.61. The van der Waals surface area contributed by atoms with E-state index in [-0.39, 0.29) is 6.61 Å². The highest BCUT2D eigenvalue weighted by Crippen LogP contribution is 2.33. The molecular formula is C19H15N7OS. The topological polar surface area (TPSA) is 83.0 Å². The van der Waals surface area contributed by atoms with Crippen LogP contribution >= 0.6 is 11.3 Å². The Hall–Kier alpha value is -3.59. The zero-order valence-electron chi connectivity index (χ0n) is 14.9. The second-order valence-electron chi connectivity index (χ2n) is 6.12. The summed E-state index contributed by atoms with van der Waals surface area (Å²) in [6, 6.07) is 15.8. The zero-order chi connectivity index (χ0) is 18.9. The second kappa shape index (κ2) is 6.86. The molecule has 8 nitrogen and oxygen atoms in total. The Bertz CT molecular complexity index is 1230. The van der Waals surface area contributed by atoms with Crippen LogP contribution in [0.2, 0.25) is 0 Å². The zero-order valence-corrected chi connectivity index (χ0v) is 15.7. The summed E-state index contributed by atoms with van der Waals surface area (Å²) in [5.74, 6) is 1.74. The lowest BCUT2D eigenvalue weighted by atomic mass is 10.2. The van der Waals surface area contributed by atoms with Gasteiger partial charge in [0.2, 0.25) is 5.88 Å². The van der Waals surface area contributed by atoms with Crippen molar-refractivity contribution < 1.29 is 4.74 Å². The first kappa shape index (κ1) is 16.6. The molecule has 1 aromatic carbocycles. The molecule has 0 spiro atoms. The monoisotopic (exact) mass is 389 g/mol. The van der Waals surface area contributed by atoms with Crippen molar-refractivity contribution in [2.24, 2.45) is 7.05 Å². The minimum absolute atomic E-state index is 0.223. The molecule has 0 radical (unpaired) electrons. The van der Waals surface area contributed by atoms with E-state index in [4.69, 9.17) is 9.84 Å². The quantitative estimate of drug-likeness (QED) is 0.459. The average Bonchev–Trinajstić information content (AvgIpc) is 3.47. The fraction of sp³-hybridized carbons (Fsp3) is 0.105. The Kier molecular flexibility index (Phi) is 4.06. The number of aromatic nitrogens is 7. The van der Waals surface area contributed by atoms with Gasteiger partial charge in [-0.15, -0.1) is 26.6 Å². The van der Waals surface area contributed by atoms with E-state index in [2.05, 4.69) is 20.3 Å². The molecule has 4 aromatic heterocycles. The molecule has 0 fully saturated rings. The van der Waals surface area contributed by atoms with Crippen molar-refractivity contribution in [3.05, 3.63) is 66.1 Å². The highest BCUT2D eigenvalue weighted by Gasteiger charge is 2.17. The van der Waals surface area contributed by atoms with Gasteiger partial charge >= 0.3 is 0 Å². The molecule has 0 saturated carbocycles. The molecule has 9 heteroatoms. The van der Waals surface area contributed by atoms with Crippen LogP contribution in [0.3, 0.4) is 0 Å². The molecule has 5 aromatic rings. The van der Waals surface area contributed by atoms with E-state index in [1.807, 2.05) is 61.0 Å². The maximum absolute atomic E-state index is 6.01. The van der Waals surface area contributed by atoms with E-state index in [1.54, 1.807) is 26.9 Å². The van der Waals surface area contributed by atoms with Crippen molar-refractivity contribution in [3.63, 3.8) is 0 Å². The molecule has 0 aliphatic carbocycles. The van der Waals surface area contributed by atoms with Crippen molar-refractivity contribution in [2.75, 3.05) is 0 Å². The Labute approximate surface area is 164 Å². The molecule has 0 amide bonds. The first-order valence-electron chi connectivity index (χ1n) is 8.61. The van der Waals surface area contributed by atoms with Gasteiger partial charge in [-0.05, 0) is 17.5 Å². The Morgan fingerprint density at radius 3 is 2.68 bits per heavy atom. The van der Waals surface area contributed by atoms with Crippen LogP contribution in [0.5, 0.6) is 5.88 Å². The number of nitrogens with zero attached hydrogens (tertiary/aromatic N) is 7. The molecule has 5 rings (SSSR count). The number of hydrogen-bond acceptors (Lipinski definition) is 7. The standard InChI is InChI=1S/C19H15N7OS/c1-25-12-20-16(23-25)11-27-19-14(15-8-5-9-28-15)10-17-21-22-18(26(17)24-19)13-6-3-2-4-7-13/h2-10,12H,11H2,1H3. The van der Waals surface area contributed by atoms with E-state index in [9.17, 15) is 0 Å². The van der Waals surface area contributed by atoms with Gasteiger partial charge in [0.25, 0.3) is 0 Å². The maximum Gasteiger partial charge on any atom is 0.241 e. The van der Waals surface area contributed by atoms with Crippen molar-refractivity contribution in [3.8, 4) is 27.7 Å². The van der Waals surface area contributed by atoms with Gasteiger partial charge in [-0.3, -0.25) is 4.68 Å². The maximum atomic E-state index is 6.01. The summed E-state index contributed by atoms with van der Waals surface area (Å²) in [5.41, 5.74) is 2.46. The number of benzene rings is 1. The Morgan fingerprint density at radius 2 is 1.93 bits per heavy atom. The van der Waals surface area contributed by atoms with E-state index < -0.39 is 0 Å². The minimum atomic E-state index is 0.223. The van der Waals surface area contributed by atoms with Gasteiger partial charge in [-0.2, -0.15) is 9.61 Å². The van der Waals surface area contributed by atoms with Gasteiger partial charge in [0.05, 0.1) is 5.56 Å². The lowest BCUT2D eigenvalue weighted by molar-refractivity contribution is 0.281. The summed E-state index contributed by atoms with van der Waals surface area (Å²) < 4.78 is 9.35. The van der Waals surface area contributed by atoms with Gasteiger partial charge < -0.3 is 4.74 Å². The third kappa shape index (κ3) is 3.01. The molecule has 0 unspecified atom stereocenters. The first-order valence-corrected chi connectivity index (χ1v) is 9.49. The summed E-state index contributed by atoms with van der Waals surface area (Å²) in [6.45, 7) is 0.223. The van der Waals surface area contributed by atoms with Crippen LogP contribution in [0, 0.1) is 0 Å². The number of fused-ring (bicyclic) bond motifs is 1. The lowest BCUT2D eigenvalue weighted by Crippen LogP contribution is -2.05. The molecule has 0 saturated heterocycles. The van der Waals surface area contributed by atoms with E-state index in [1.165, 1.54) is 0 Å². The van der Waals surface area contributed by atoms with Crippen molar-refractivity contribution in [2.45, 2.75) is 6.61 Å². The molecule has 138 valence electrons. The van der Waals surface area contributed by atoms with Crippen LogP contribution in [0.1, 0.15) is 5.82 Å². The molecule has 0 bridgehead atoms. The molecule has 28 heavy (non-hydrogen) atoms. The largest absolute Gasteiger partial charge is 0.468 e. The molecular weight excluding hydrogens is 374 g/mol. The summed E-state index contributed by atoms with van der Waals surface area (Å²) >= 11 is 1.61. The van der Waals surface area contributed by atoms with Gasteiger partial charge in [0.1, 0.15) is 6.33 Å². The summed E-state index contributed by atoms with van der Waals surface area (Å²) in [6.07, 6.45) is 1.64. The molecule has 0 aliphatic heterocycles. The van der Waals surface area contributed by atoms with Crippen LogP contribution < -0.4 is 4.74 Å². The number of rotatable bonds is 5. The fourth-order valence-electron chi connectivity index (χ4n) is 2.88. The Morgan fingerprint density at radius 1 is 1.04 bits per heavy atom. The molecule has 0 atom stereocenters. The third-order valence-corrected chi connectivity index (χ3v) is 5.07. The molecule has 0 aliphatic rings. The van der Waals surface area contributed by atoms with Crippen LogP contribution in [0.25, 0.3) is 27.5 Å². The second-order valence-corrected chi connectivity index (χ2v) is 7.07. The van der Waals surface area contributed by atoms with Crippen LogP contribution in [-0.2, 0) is 13.7 Å². The van der Waals surface area contributed by atoms with E-state index in [0.29, 0.717) is 23.2 Å². The van der Waals surface area contributed by atoms with Crippen molar-refractivity contribution >= 4 is 17.0 Å². The predicted molar refractivity (Wildman–Crippen MR) is 105 cm³/mol. The molecule has 4 heterocycles. The lowest BCUT2D eigenvalue weighted by Gasteiger charge is -2.09. The van der Waals surface area contributed by atoms with Gasteiger partial charge in [0.15, 0.2) is 23.9 Å². The highest BCUT2D eigenvalue weighted by molar-refractivity contribution is 7.13. The summed E-state index contributed by atoms with van der Waals surface area (Å²) in [4.78, 5) is 5.26. The minimum Gasteiger partial charge on any atom is -0.468 e. The first-order chi connectivity index (χ1) is 13.8. The van der Waals surface area contributed by atoms with Crippen molar-refractivity contribution in [1.29, 1.82) is 0 Å². The molecule has 0 N–H and O–H groups in total. The number of thiophene rings is 1. The number of aryl methyl sites for hydroxylation is 1. The van der Waals surface area contributed by atoms with E-state index >= 15 is 0 Å². The van der Waals surface area contributed by atoms with Crippen LogP contribution in [0.4, 0.5) is 0 Å². The average molecular weight is 389 g/mol. The van der Waals surface area contributed by atoms with Gasteiger partial charge in [-0.25, -0.2) is 4.98 Å². The van der Waals surface area contributed by atoms with Gasteiger partial charge in [0, 0.05) is 17.5 Å². The SMILES string of the molecule is Cn1cnc(COc2nn3c(-c4ccccc4)nnc3cc2-c2cccs2)n1. The smallest absolute Gasteiger partial charge is 0.241 e. The van der Waals surface area contributed by atoms with Crippen molar-refractivity contribution in [1.82, 2.24) is 34.6 Å². The fourth-order valence-corrected chi connectivity index (χ4v) is 3.62. The number of ether oxygens (including phenoxy) is 1. The summed E-state index contributed by atoms with van der Waals surface area (Å²) in [7, 11) is 1.82. The highest BCUT2D eigenvalue weighted by atomic mass is 32.1. The van der Waals surface area contributed by atoms with Crippen LogP contribution in [0.15, 0.2) is 60.2 Å². The van der Waals surface area contributed by atoms with Crippen LogP contribution in [-0.4, -0.2) is 34.6 Å². The third-order valence-electron chi connectivity index (χ3n) is 4.16.